The second kappa shape index (κ2) is 6.77. The Morgan fingerprint density at radius 1 is 0.920 bits per heavy atom. The third kappa shape index (κ3) is 3.85. The molecule has 1 rings (SSSR count). The van der Waals surface area contributed by atoms with Crippen LogP contribution in [0.5, 0.6) is 11.5 Å². The molecule has 0 amide bonds. The lowest BCUT2D eigenvalue weighted by atomic mass is 9.75. The summed E-state index contributed by atoms with van der Waals surface area (Å²) in [5, 5.41) is 31.1. The van der Waals surface area contributed by atoms with Gasteiger partial charge in [0.05, 0.1) is 11.7 Å². The van der Waals surface area contributed by atoms with Gasteiger partial charge >= 0.3 is 0 Å². The number of aliphatic hydroxyl groups excluding tert-OH is 1. The molecule has 140 valence electrons. The van der Waals surface area contributed by atoms with E-state index in [2.05, 4.69) is 0 Å². The Balaban J connectivity index is 4.09. The number of phenols is 2. The number of Topliss-reactive ketones (excluding diaryl/α,β-unsaturated/α-hetero) is 2. The minimum Gasteiger partial charge on any atom is -0.504 e. The van der Waals surface area contributed by atoms with Crippen molar-refractivity contribution in [1.29, 1.82) is 0 Å². The quantitative estimate of drug-likeness (QED) is 0.489. The van der Waals surface area contributed by atoms with Crippen LogP contribution in [0.2, 0.25) is 0 Å². The van der Waals surface area contributed by atoms with Gasteiger partial charge in [-0.2, -0.15) is 0 Å². The predicted octanol–water partition coefficient (Wildman–Crippen LogP) is 2.86. The second-order valence-corrected chi connectivity index (χ2v) is 8.40. The molecule has 0 bridgehead atoms. The van der Waals surface area contributed by atoms with E-state index in [1.165, 1.54) is 6.92 Å². The van der Waals surface area contributed by atoms with Crippen LogP contribution >= 0.6 is 0 Å². The Hall–Kier alpha value is -1.92. The Labute approximate surface area is 148 Å². The predicted molar refractivity (Wildman–Crippen MR) is 96.1 cm³/mol. The topological polar surface area (TPSA) is 121 Å². The number of phenolic OH excluding ortho intramolecular Hbond substituents is 2. The molecule has 6 nitrogen and oxygen atoms in total. The second-order valence-electron chi connectivity index (χ2n) is 8.40. The molecule has 0 aliphatic carbocycles. The molecule has 0 spiro atoms. The van der Waals surface area contributed by atoms with E-state index in [1.54, 1.807) is 41.5 Å². The van der Waals surface area contributed by atoms with Gasteiger partial charge in [0.1, 0.15) is 0 Å². The fourth-order valence-corrected chi connectivity index (χ4v) is 2.61. The molecule has 1 atom stereocenters. The molecular weight excluding hydrogens is 322 g/mol. The van der Waals surface area contributed by atoms with Crippen LogP contribution < -0.4 is 5.73 Å². The van der Waals surface area contributed by atoms with Crippen LogP contribution in [0.3, 0.4) is 0 Å². The molecule has 6 heteroatoms. The van der Waals surface area contributed by atoms with Crippen LogP contribution in [0.15, 0.2) is 0 Å². The van der Waals surface area contributed by atoms with Gasteiger partial charge in [0.2, 0.25) is 0 Å². The average molecular weight is 351 g/mol. The summed E-state index contributed by atoms with van der Waals surface area (Å²) in [6.45, 7) is 11.3. The van der Waals surface area contributed by atoms with Crippen molar-refractivity contribution in [2.24, 2.45) is 16.6 Å². The van der Waals surface area contributed by atoms with Crippen molar-refractivity contribution >= 4 is 11.6 Å². The number of ketones is 2. The van der Waals surface area contributed by atoms with Gasteiger partial charge < -0.3 is 21.1 Å². The molecule has 1 aromatic carbocycles. The summed E-state index contributed by atoms with van der Waals surface area (Å²) in [5.41, 5.74) is 3.67. The molecule has 0 aliphatic heterocycles. The van der Waals surface area contributed by atoms with Crippen molar-refractivity contribution in [3.63, 3.8) is 0 Å². The summed E-state index contributed by atoms with van der Waals surface area (Å²) in [6, 6.07) is 0. The number of hydrogen-bond acceptors (Lipinski definition) is 6. The summed E-state index contributed by atoms with van der Waals surface area (Å²) in [5.74, 6) is -2.09. The number of benzene rings is 1. The van der Waals surface area contributed by atoms with Crippen molar-refractivity contribution in [2.75, 3.05) is 6.54 Å². The monoisotopic (exact) mass is 351 g/mol. The van der Waals surface area contributed by atoms with Gasteiger partial charge in [0.15, 0.2) is 23.1 Å². The molecule has 25 heavy (non-hydrogen) atoms. The Bertz CT molecular complexity index is 708. The Morgan fingerprint density at radius 2 is 1.32 bits per heavy atom. The van der Waals surface area contributed by atoms with Gasteiger partial charge in [0, 0.05) is 34.1 Å². The molecular formula is C19H29NO5. The lowest BCUT2D eigenvalue weighted by Crippen LogP contribution is -2.30. The molecule has 0 radical (unpaired) electrons. The van der Waals surface area contributed by atoms with Crippen molar-refractivity contribution in [1.82, 2.24) is 0 Å². The van der Waals surface area contributed by atoms with E-state index >= 15 is 0 Å². The zero-order valence-corrected chi connectivity index (χ0v) is 16.0. The summed E-state index contributed by atoms with van der Waals surface area (Å²) in [7, 11) is 0. The van der Waals surface area contributed by atoms with Gasteiger partial charge in [-0.3, -0.25) is 9.59 Å². The SMILES string of the molecule is Cc1c(O)c(O)c(C(=O)C(C)(C)C)c(C(=O)C(C)(C)C)c1[C@@H](O)CN. The summed E-state index contributed by atoms with van der Waals surface area (Å²) >= 11 is 0. The van der Waals surface area contributed by atoms with Gasteiger partial charge in [-0.15, -0.1) is 0 Å². The largest absolute Gasteiger partial charge is 0.504 e. The van der Waals surface area contributed by atoms with Crippen LogP contribution in [-0.4, -0.2) is 33.4 Å². The van der Waals surface area contributed by atoms with E-state index in [9.17, 15) is 24.9 Å². The van der Waals surface area contributed by atoms with E-state index < -0.39 is 40.0 Å². The highest BCUT2D eigenvalue weighted by atomic mass is 16.3. The first-order valence-corrected chi connectivity index (χ1v) is 8.22. The maximum absolute atomic E-state index is 13.1. The van der Waals surface area contributed by atoms with E-state index in [-0.39, 0.29) is 28.8 Å². The highest BCUT2D eigenvalue weighted by Crippen LogP contribution is 2.44. The van der Waals surface area contributed by atoms with Crippen LogP contribution in [0.1, 0.15) is 79.5 Å². The molecule has 1 aromatic rings. The lowest BCUT2D eigenvalue weighted by Gasteiger charge is -2.28. The van der Waals surface area contributed by atoms with Gasteiger partial charge in [0.25, 0.3) is 0 Å². The molecule has 0 saturated heterocycles. The number of hydrogen-bond donors (Lipinski definition) is 4. The number of carbonyl (C=O) groups is 2. The van der Waals surface area contributed by atoms with Crippen LogP contribution in [0.25, 0.3) is 0 Å². The van der Waals surface area contributed by atoms with Crippen molar-refractivity contribution in [3.8, 4) is 11.5 Å². The number of carbonyl (C=O) groups excluding carboxylic acids is 2. The minimum absolute atomic E-state index is 0.0711. The number of rotatable bonds is 4. The zero-order chi connectivity index (χ0) is 19.9. The molecule has 0 aromatic heterocycles. The highest BCUT2D eigenvalue weighted by Gasteiger charge is 2.38. The van der Waals surface area contributed by atoms with Crippen molar-refractivity contribution in [3.05, 3.63) is 22.3 Å². The van der Waals surface area contributed by atoms with E-state index in [0.717, 1.165) is 0 Å². The van der Waals surface area contributed by atoms with Gasteiger partial charge in [-0.05, 0) is 6.92 Å². The third-order valence-electron chi connectivity index (χ3n) is 4.11. The maximum atomic E-state index is 13.1. The lowest BCUT2D eigenvalue weighted by molar-refractivity contribution is 0.0814. The molecule has 0 heterocycles. The van der Waals surface area contributed by atoms with E-state index in [1.807, 2.05) is 0 Å². The molecule has 5 N–H and O–H groups in total. The number of nitrogens with two attached hydrogens (primary N) is 1. The normalized spacial score (nSPS) is 13.6. The van der Waals surface area contributed by atoms with E-state index in [0.29, 0.717) is 0 Å². The summed E-state index contributed by atoms with van der Waals surface area (Å²) in [4.78, 5) is 26.0. The van der Waals surface area contributed by atoms with Crippen molar-refractivity contribution < 1.29 is 24.9 Å². The molecule has 0 aliphatic rings. The van der Waals surface area contributed by atoms with Gasteiger partial charge in [-0.25, -0.2) is 0 Å². The first-order valence-electron chi connectivity index (χ1n) is 8.22. The Kier molecular flexibility index (Phi) is 5.72. The summed E-state index contributed by atoms with van der Waals surface area (Å²) < 4.78 is 0. The molecule has 0 unspecified atom stereocenters. The first kappa shape index (κ1) is 21.1. The minimum atomic E-state index is -1.25. The smallest absolute Gasteiger partial charge is 0.172 e. The van der Waals surface area contributed by atoms with E-state index in [4.69, 9.17) is 5.73 Å². The standard InChI is InChI=1S/C19H29NO5/c1-9-11(10(21)8-20)12(16(24)18(2,3)4)13(15(23)14(9)22)17(25)19(5,6)7/h10,21-23H,8,20H2,1-7H3/t10-/m0/s1. The van der Waals surface area contributed by atoms with Crippen molar-refractivity contribution in [2.45, 2.75) is 54.6 Å². The van der Waals surface area contributed by atoms with Crippen LogP contribution in [-0.2, 0) is 0 Å². The highest BCUT2D eigenvalue weighted by molar-refractivity contribution is 6.15. The van der Waals surface area contributed by atoms with Crippen LogP contribution in [0.4, 0.5) is 0 Å². The summed E-state index contributed by atoms with van der Waals surface area (Å²) in [6.07, 6.45) is -1.25. The first-order chi connectivity index (χ1) is 11.2. The van der Waals surface area contributed by atoms with Crippen LogP contribution in [0, 0.1) is 17.8 Å². The fraction of sp³-hybridized carbons (Fsp3) is 0.579. The Morgan fingerprint density at radius 3 is 1.68 bits per heavy atom. The zero-order valence-electron chi connectivity index (χ0n) is 16.0. The number of aliphatic hydroxyl groups is 1. The fourth-order valence-electron chi connectivity index (χ4n) is 2.61. The van der Waals surface area contributed by atoms with Gasteiger partial charge in [-0.1, -0.05) is 41.5 Å². The average Bonchev–Trinajstić information content (AvgIpc) is 2.48. The maximum Gasteiger partial charge on any atom is 0.172 e. The molecule has 0 saturated carbocycles. The molecule has 0 fully saturated rings. The third-order valence-corrected chi connectivity index (χ3v) is 4.11. The number of aromatic hydroxyl groups is 2.